The molecule has 0 fully saturated rings. The van der Waals surface area contributed by atoms with Gasteiger partial charge in [0.25, 0.3) is 0 Å². The van der Waals surface area contributed by atoms with E-state index in [9.17, 15) is 5.11 Å². The number of fused-ring (bicyclic) bond motifs is 1. The molecule has 0 saturated heterocycles. The van der Waals surface area contributed by atoms with Crippen LogP contribution in [0.4, 0.5) is 11.8 Å². The van der Waals surface area contributed by atoms with Crippen LogP contribution in [0, 0.1) is 0 Å². The van der Waals surface area contributed by atoms with E-state index in [-0.39, 0.29) is 6.61 Å². The SMILES string of the molecule is CCn1cc(-c2cccc(CNc3ncnc4c3ccn4Nc3nccn3CCO)c2)cn1. The molecule has 0 bridgehead atoms. The Hall–Kier alpha value is -4.18. The third-order valence-electron chi connectivity index (χ3n) is 5.44. The minimum absolute atomic E-state index is 0.0375. The van der Waals surface area contributed by atoms with E-state index in [1.807, 2.05) is 33.9 Å². The number of hydrogen-bond donors (Lipinski definition) is 3. The van der Waals surface area contributed by atoms with Crippen LogP contribution in [0.15, 0.2) is 67.6 Å². The van der Waals surface area contributed by atoms with Gasteiger partial charge in [0, 0.05) is 50.0 Å². The summed E-state index contributed by atoms with van der Waals surface area (Å²) < 4.78 is 5.56. The van der Waals surface area contributed by atoms with Gasteiger partial charge in [0.2, 0.25) is 5.95 Å². The number of aliphatic hydroxyl groups is 1. The fourth-order valence-electron chi connectivity index (χ4n) is 3.73. The van der Waals surface area contributed by atoms with Crippen molar-refractivity contribution < 1.29 is 5.11 Å². The molecule has 0 aliphatic heterocycles. The van der Waals surface area contributed by atoms with Crippen LogP contribution in [0.25, 0.3) is 22.2 Å². The summed E-state index contributed by atoms with van der Waals surface area (Å²) in [5.41, 5.74) is 7.34. The van der Waals surface area contributed by atoms with E-state index >= 15 is 0 Å². The average Bonchev–Trinajstić information content (AvgIpc) is 3.59. The lowest BCUT2D eigenvalue weighted by Gasteiger charge is -2.11. The lowest BCUT2D eigenvalue weighted by atomic mass is 10.1. The Morgan fingerprint density at radius 3 is 2.85 bits per heavy atom. The van der Waals surface area contributed by atoms with E-state index in [1.165, 1.54) is 0 Å². The molecule has 33 heavy (non-hydrogen) atoms. The highest BCUT2D eigenvalue weighted by Crippen LogP contribution is 2.23. The van der Waals surface area contributed by atoms with E-state index in [1.54, 1.807) is 17.2 Å². The maximum absolute atomic E-state index is 9.23. The van der Waals surface area contributed by atoms with Gasteiger partial charge >= 0.3 is 0 Å². The van der Waals surface area contributed by atoms with Gasteiger partial charge in [-0.1, -0.05) is 18.2 Å². The highest BCUT2D eigenvalue weighted by atomic mass is 16.3. The Balaban J connectivity index is 1.34. The van der Waals surface area contributed by atoms with E-state index in [4.69, 9.17) is 0 Å². The van der Waals surface area contributed by atoms with E-state index in [2.05, 4.69) is 68.2 Å². The van der Waals surface area contributed by atoms with Crippen molar-refractivity contribution >= 4 is 22.8 Å². The number of aromatic nitrogens is 7. The summed E-state index contributed by atoms with van der Waals surface area (Å²) in [5, 5.41) is 17.9. The number of rotatable bonds is 9. The molecule has 10 nitrogen and oxygen atoms in total. The van der Waals surface area contributed by atoms with Gasteiger partial charge in [0.1, 0.15) is 12.1 Å². The van der Waals surface area contributed by atoms with Crippen LogP contribution in [0.1, 0.15) is 12.5 Å². The molecule has 0 aliphatic rings. The monoisotopic (exact) mass is 443 g/mol. The molecule has 0 radical (unpaired) electrons. The Morgan fingerprint density at radius 1 is 1.06 bits per heavy atom. The summed E-state index contributed by atoms with van der Waals surface area (Å²) in [5.74, 6) is 1.38. The number of benzene rings is 1. The molecule has 1 aromatic carbocycles. The van der Waals surface area contributed by atoms with Gasteiger partial charge in [-0.15, -0.1) is 0 Å². The number of nitrogens with one attached hydrogen (secondary N) is 2. The fraction of sp³-hybridized carbons (Fsp3) is 0.217. The molecule has 10 heteroatoms. The number of anilines is 2. The second kappa shape index (κ2) is 9.13. The standard InChI is InChI=1S/C23H25N9O/c1-2-31-15-19(14-28-31)18-5-3-4-17(12-18)13-25-21-20-6-8-32(22(20)27-16-26-21)29-23-24-7-9-30(23)10-11-33/h3-9,12,14-16,33H,2,10-11,13H2,1H3,(H,24,29)(H,25,26,27). The van der Waals surface area contributed by atoms with Gasteiger partial charge in [-0.25, -0.2) is 19.6 Å². The summed E-state index contributed by atoms with van der Waals surface area (Å²) in [6.45, 7) is 4.05. The molecule has 5 aromatic rings. The van der Waals surface area contributed by atoms with E-state index in [0.29, 0.717) is 19.0 Å². The normalized spacial score (nSPS) is 11.2. The van der Waals surface area contributed by atoms with Crippen LogP contribution < -0.4 is 10.7 Å². The summed E-state index contributed by atoms with van der Waals surface area (Å²) in [7, 11) is 0. The fourth-order valence-corrected chi connectivity index (χ4v) is 3.73. The molecule has 4 heterocycles. The summed E-state index contributed by atoms with van der Waals surface area (Å²) in [6, 6.07) is 10.4. The van der Waals surface area contributed by atoms with Crippen molar-refractivity contribution in [2.45, 2.75) is 26.6 Å². The molecule has 0 atom stereocenters. The topological polar surface area (TPSA) is 111 Å². The molecular formula is C23H25N9O. The number of aryl methyl sites for hydroxylation is 1. The molecule has 168 valence electrons. The number of nitrogens with zero attached hydrogens (tertiary/aromatic N) is 7. The first-order chi connectivity index (χ1) is 16.2. The van der Waals surface area contributed by atoms with E-state index in [0.717, 1.165) is 40.1 Å². The highest BCUT2D eigenvalue weighted by Gasteiger charge is 2.11. The van der Waals surface area contributed by atoms with Crippen LogP contribution in [0.5, 0.6) is 0 Å². The van der Waals surface area contributed by atoms with Crippen LogP contribution in [-0.4, -0.2) is 45.7 Å². The van der Waals surface area contributed by atoms with Gasteiger partial charge in [-0.2, -0.15) is 5.10 Å². The molecule has 0 spiro atoms. The van der Waals surface area contributed by atoms with Crippen molar-refractivity contribution in [1.29, 1.82) is 0 Å². The van der Waals surface area contributed by atoms with Gasteiger partial charge in [0.15, 0.2) is 5.65 Å². The second-order valence-corrected chi connectivity index (χ2v) is 7.56. The number of aliphatic hydroxyl groups excluding tert-OH is 1. The van der Waals surface area contributed by atoms with Crippen molar-refractivity contribution in [3.05, 3.63) is 73.2 Å². The Morgan fingerprint density at radius 2 is 2.00 bits per heavy atom. The minimum atomic E-state index is 0.0375. The number of hydrogen-bond acceptors (Lipinski definition) is 7. The lowest BCUT2D eigenvalue weighted by molar-refractivity contribution is 0.276. The Kier molecular flexibility index (Phi) is 5.73. The van der Waals surface area contributed by atoms with Gasteiger partial charge < -0.3 is 15.0 Å². The van der Waals surface area contributed by atoms with Crippen molar-refractivity contribution in [2.75, 3.05) is 17.3 Å². The molecular weight excluding hydrogens is 418 g/mol. The summed E-state index contributed by atoms with van der Waals surface area (Å²) in [4.78, 5) is 13.2. The predicted octanol–water partition coefficient (Wildman–Crippen LogP) is 2.99. The zero-order valence-corrected chi connectivity index (χ0v) is 18.3. The van der Waals surface area contributed by atoms with Crippen molar-refractivity contribution in [1.82, 2.24) is 34.0 Å². The Labute approximate surface area is 190 Å². The van der Waals surface area contributed by atoms with E-state index < -0.39 is 0 Å². The second-order valence-electron chi connectivity index (χ2n) is 7.56. The van der Waals surface area contributed by atoms with Crippen LogP contribution >= 0.6 is 0 Å². The predicted molar refractivity (Wildman–Crippen MR) is 127 cm³/mol. The summed E-state index contributed by atoms with van der Waals surface area (Å²) >= 11 is 0. The van der Waals surface area contributed by atoms with Crippen LogP contribution in [-0.2, 0) is 19.6 Å². The average molecular weight is 444 g/mol. The molecule has 0 aliphatic carbocycles. The van der Waals surface area contributed by atoms with Crippen molar-refractivity contribution in [3.8, 4) is 11.1 Å². The van der Waals surface area contributed by atoms with Gasteiger partial charge in [0.05, 0.1) is 18.2 Å². The largest absolute Gasteiger partial charge is 0.395 e. The van der Waals surface area contributed by atoms with Gasteiger partial charge in [-0.3, -0.25) is 10.1 Å². The zero-order chi connectivity index (χ0) is 22.6. The maximum atomic E-state index is 9.23. The minimum Gasteiger partial charge on any atom is -0.395 e. The smallest absolute Gasteiger partial charge is 0.222 e. The first-order valence-electron chi connectivity index (χ1n) is 10.8. The first kappa shape index (κ1) is 20.7. The quantitative estimate of drug-likeness (QED) is 0.321. The highest BCUT2D eigenvalue weighted by molar-refractivity contribution is 5.87. The molecule has 5 rings (SSSR count). The van der Waals surface area contributed by atoms with Crippen LogP contribution in [0.3, 0.4) is 0 Å². The molecule has 0 unspecified atom stereocenters. The first-order valence-corrected chi connectivity index (χ1v) is 10.8. The third-order valence-corrected chi connectivity index (χ3v) is 5.44. The zero-order valence-electron chi connectivity index (χ0n) is 18.3. The van der Waals surface area contributed by atoms with Gasteiger partial charge in [-0.05, 0) is 30.2 Å². The molecule has 0 saturated carbocycles. The molecule has 3 N–H and O–H groups in total. The maximum Gasteiger partial charge on any atom is 0.222 e. The van der Waals surface area contributed by atoms with Crippen LogP contribution in [0.2, 0.25) is 0 Å². The van der Waals surface area contributed by atoms with Crippen molar-refractivity contribution in [2.24, 2.45) is 0 Å². The summed E-state index contributed by atoms with van der Waals surface area (Å²) in [6.07, 6.45) is 10.9. The number of imidazole rings is 1. The Bertz CT molecular complexity index is 1370. The molecule has 0 amide bonds. The third kappa shape index (κ3) is 4.28. The lowest BCUT2D eigenvalue weighted by Crippen LogP contribution is -2.14. The molecule has 4 aromatic heterocycles. The van der Waals surface area contributed by atoms with Crippen molar-refractivity contribution in [3.63, 3.8) is 0 Å².